The molecule has 0 aliphatic carbocycles. The van der Waals surface area contributed by atoms with Crippen molar-refractivity contribution in [3.8, 4) is 0 Å². The summed E-state index contributed by atoms with van der Waals surface area (Å²) in [6.07, 6.45) is 7.38. The largest absolute Gasteiger partial charge is 0.342 e. The minimum Gasteiger partial charge on any atom is -0.342 e. The number of nitrogens with zero attached hydrogens (tertiary/aromatic N) is 1. The molecule has 2 rings (SSSR count). The summed E-state index contributed by atoms with van der Waals surface area (Å²) in [5.74, 6) is 0. The molecule has 0 saturated heterocycles. The van der Waals surface area contributed by atoms with E-state index in [4.69, 9.17) is 0 Å². The Labute approximate surface area is 91.5 Å². The number of rotatable bonds is 1. The number of amidine groups is 1. The molecule has 0 aromatic carbocycles. The van der Waals surface area contributed by atoms with Gasteiger partial charge in [-0.1, -0.05) is 11.8 Å². The lowest BCUT2D eigenvalue weighted by Crippen LogP contribution is -2.19. The van der Waals surface area contributed by atoms with Crippen LogP contribution in [0.15, 0.2) is 40.4 Å². The second-order valence-corrected chi connectivity index (χ2v) is 3.87. The molecule has 2 heterocycles. The van der Waals surface area contributed by atoms with Crippen molar-refractivity contribution < 1.29 is 0 Å². The van der Waals surface area contributed by atoms with Gasteiger partial charge in [0, 0.05) is 18.5 Å². The Balaban J connectivity index is 2.31. The molecule has 5 heteroatoms. The third-order valence-corrected chi connectivity index (χ3v) is 2.69. The summed E-state index contributed by atoms with van der Waals surface area (Å²) in [6, 6.07) is 3.38. The molecule has 0 fully saturated rings. The lowest BCUT2D eigenvalue weighted by Gasteiger charge is -2.15. The van der Waals surface area contributed by atoms with E-state index in [0.717, 1.165) is 10.7 Å². The number of H-pyrrole nitrogens is 1. The van der Waals surface area contributed by atoms with E-state index < -0.39 is 0 Å². The first-order chi connectivity index (χ1) is 7.29. The van der Waals surface area contributed by atoms with Crippen molar-refractivity contribution in [3.63, 3.8) is 0 Å². The molecule has 15 heavy (non-hydrogen) atoms. The minimum absolute atomic E-state index is 0.0593. The maximum Gasteiger partial charge on any atom is 0.248 e. The molecular weight excluding hydrogens is 210 g/mol. The summed E-state index contributed by atoms with van der Waals surface area (Å²) in [5, 5.41) is 3.89. The summed E-state index contributed by atoms with van der Waals surface area (Å²) >= 11 is 1.55. The number of thioether (sulfide) groups is 1. The molecule has 0 bridgehead atoms. The quantitative estimate of drug-likeness (QED) is 0.750. The topological polar surface area (TPSA) is 57.2 Å². The van der Waals surface area contributed by atoms with Crippen LogP contribution in [0.3, 0.4) is 0 Å². The minimum atomic E-state index is -0.0969. The Morgan fingerprint density at radius 2 is 2.40 bits per heavy atom. The summed E-state index contributed by atoms with van der Waals surface area (Å²) in [7, 11) is 0. The Hall–Kier alpha value is -1.49. The summed E-state index contributed by atoms with van der Waals surface area (Å²) in [4.78, 5) is 18.2. The van der Waals surface area contributed by atoms with Gasteiger partial charge in [0.2, 0.25) is 5.56 Å². The van der Waals surface area contributed by atoms with Crippen LogP contribution < -0.4 is 10.9 Å². The molecule has 1 aromatic rings. The SMILES string of the molecule is CSC1=NC(c2cc[nH]c(=O)c2)C=CN1. The monoisotopic (exact) mass is 221 g/mol. The van der Waals surface area contributed by atoms with Crippen LogP contribution in [0.4, 0.5) is 0 Å². The lowest BCUT2D eigenvalue weighted by molar-refractivity contribution is 0.874. The van der Waals surface area contributed by atoms with Gasteiger partial charge < -0.3 is 10.3 Å². The molecule has 4 nitrogen and oxygen atoms in total. The molecule has 1 atom stereocenters. The number of hydrogen-bond donors (Lipinski definition) is 2. The van der Waals surface area contributed by atoms with Crippen LogP contribution in [0, 0.1) is 0 Å². The van der Waals surface area contributed by atoms with Gasteiger partial charge in [-0.25, -0.2) is 4.99 Å². The fourth-order valence-electron chi connectivity index (χ4n) is 1.36. The zero-order valence-corrected chi connectivity index (χ0v) is 9.04. The van der Waals surface area contributed by atoms with E-state index >= 15 is 0 Å². The fraction of sp³-hybridized carbons (Fsp3) is 0.200. The molecule has 0 amide bonds. The summed E-state index contributed by atoms with van der Waals surface area (Å²) < 4.78 is 0. The summed E-state index contributed by atoms with van der Waals surface area (Å²) in [5.41, 5.74) is 0.809. The van der Waals surface area contributed by atoms with Gasteiger partial charge in [-0.2, -0.15) is 0 Å². The number of nitrogens with one attached hydrogen (secondary N) is 2. The molecule has 0 saturated carbocycles. The van der Waals surface area contributed by atoms with Gasteiger partial charge in [-0.05, 0) is 24.0 Å². The van der Waals surface area contributed by atoms with E-state index in [1.165, 1.54) is 0 Å². The molecular formula is C10H11N3OS. The van der Waals surface area contributed by atoms with Crippen LogP contribution in [0.5, 0.6) is 0 Å². The van der Waals surface area contributed by atoms with Crippen LogP contribution >= 0.6 is 11.8 Å². The van der Waals surface area contributed by atoms with Crippen LogP contribution in [0.25, 0.3) is 0 Å². The molecule has 0 radical (unpaired) electrons. The second kappa shape index (κ2) is 4.35. The van der Waals surface area contributed by atoms with Crippen molar-refractivity contribution in [2.24, 2.45) is 4.99 Å². The smallest absolute Gasteiger partial charge is 0.248 e. The molecule has 1 aromatic heterocycles. The lowest BCUT2D eigenvalue weighted by atomic mass is 10.1. The van der Waals surface area contributed by atoms with Crippen LogP contribution in [0.2, 0.25) is 0 Å². The van der Waals surface area contributed by atoms with E-state index in [9.17, 15) is 4.79 Å². The van der Waals surface area contributed by atoms with Crippen molar-refractivity contribution >= 4 is 16.9 Å². The fourth-order valence-corrected chi connectivity index (χ4v) is 1.76. The Morgan fingerprint density at radius 3 is 3.13 bits per heavy atom. The van der Waals surface area contributed by atoms with Gasteiger partial charge in [0.05, 0.1) is 6.04 Å². The van der Waals surface area contributed by atoms with Crippen LogP contribution in [-0.4, -0.2) is 16.4 Å². The zero-order valence-electron chi connectivity index (χ0n) is 8.23. The molecule has 1 aliphatic rings. The predicted octanol–water partition coefficient (Wildman–Crippen LogP) is 1.25. The van der Waals surface area contributed by atoms with Gasteiger partial charge in [-0.3, -0.25) is 4.79 Å². The third-order valence-electron chi connectivity index (χ3n) is 2.08. The first-order valence-corrected chi connectivity index (χ1v) is 5.76. The average Bonchev–Trinajstić information content (AvgIpc) is 2.29. The zero-order chi connectivity index (χ0) is 10.7. The van der Waals surface area contributed by atoms with Crippen molar-refractivity contribution in [1.82, 2.24) is 10.3 Å². The number of pyridine rings is 1. The standard InChI is InChI=1S/C10H11N3OS/c1-15-10-12-5-3-8(13-10)7-2-4-11-9(14)6-7/h2-6,8H,1H3,(H,11,14)(H,12,13). The van der Waals surface area contributed by atoms with Gasteiger partial charge in [-0.15, -0.1) is 0 Å². The first kappa shape index (κ1) is 10.0. The molecule has 78 valence electrons. The molecule has 1 unspecified atom stereocenters. The number of hydrogen-bond acceptors (Lipinski definition) is 4. The van der Waals surface area contributed by atoms with Gasteiger partial charge in [0.25, 0.3) is 0 Å². The van der Waals surface area contributed by atoms with Gasteiger partial charge in [0.1, 0.15) is 0 Å². The first-order valence-electron chi connectivity index (χ1n) is 4.53. The van der Waals surface area contributed by atoms with Crippen LogP contribution in [0.1, 0.15) is 11.6 Å². The maximum atomic E-state index is 11.1. The molecule has 2 N–H and O–H groups in total. The van der Waals surface area contributed by atoms with E-state index in [1.807, 2.05) is 24.6 Å². The maximum absolute atomic E-state index is 11.1. The Morgan fingerprint density at radius 1 is 1.53 bits per heavy atom. The highest BCUT2D eigenvalue weighted by molar-refractivity contribution is 8.13. The van der Waals surface area contributed by atoms with E-state index in [1.54, 1.807) is 24.0 Å². The molecule has 1 aliphatic heterocycles. The van der Waals surface area contributed by atoms with Crippen molar-refractivity contribution in [3.05, 3.63) is 46.5 Å². The third kappa shape index (κ3) is 2.30. The number of aliphatic imine (C=N–C) groups is 1. The van der Waals surface area contributed by atoms with Gasteiger partial charge in [0.15, 0.2) is 5.17 Å². The van der Waals surface area contributed by atoms with Crippen molar-refractivity contribution in [2.75, 3.05) is 6.26 Å². The van der Waals surface area contributed by atoms with Crippen molar-refractivity contribution in [2.45, 2.75) is 6.04 Å². The highest BCUT2D eigenvalue weighted by atomic mass is 32.2. The van der Waals surface area contributed by atoms with E-state index in [2.05, 4.69) is 15.3 Å². The number of aromatic amines is 1. The van der Waals surface area contributed by atoms with E-state index in [-0.39, 0.29) is 11.6 Å². The average molecular weight is 221 g/mol. The molecule has 0 spiro atoms. The Bertz CT molecular complexity index is 464. The van der Waals surface area contributed by atoms with Crippen LogP contribution in [-0.2, 0) is 0 Å². The van der Waals surface area contributed by atoms with Crippen molar-refractivity contribution in [1.29, 1.82) is 0 Å². The Kier molecular flexibility index (Phi) is 2.91. The predicted molar refractivity (Wildman–Crippen MR) is 63.0 cm³/mol. The normalized spacial score (nSPS) is 19.5. The number of aromatic nitrogens is 1. The summed E-state index contributed by atoms with van der Waals surface area (Å²) in [6.45, 7) is 0. The second-order valence-electron chi connectivity index (χ2n) is 3.07. The highest BCUT2D eigenvalue weighted by Crippen LogP contribution is 2.20. The van der Waals surface area contributed by atoms with Gasteiger partial charge >= 0.3 is 0 Å². The van der Waals surface area contributed by atoms with E-state index in [0.29, 0.717) is 0 Å². The highest BCUT2D eigenvalue weighted by Gasteiger charge is 2.11.